The van der Waals surface area contributed by atoms with Crippen LogP contribution in [0.4, 0.5) is 11.4 Å². The number of aliphatic carboxylic acids is 1. The lowest BCUT2D eigenvalue weighted by atomic mass is 9.66. The minimum absolute atomic E-state index is 0.137. The molecule has 2 aromatic heterocycles. The van der Waals surface area contributed by atoms with Crippen molar-refractivity contribution in [3.8, 4) is 0 Å². The molecule has 5 N–H and O–H groups in total. The zero-order valence-electron chi connectivity index (χ0n) is 45.5. The molecule has 4 aliphatic heterocycles. The maximum absolute atomic E-state index is 13.2. The van der Waals surface area contributed by atoms with E-state index in [4.69, 9.17) is 9.84 Å². The minimum atomic E-state index is -1.00. The molecular weight excluding hydrogens is 1050 g/mol. The van der Waals surface area contributed by atoms with E-state index in [1.807, 2.05) is 133 Å². The van der Waals surface area contributed by atoms with Crippen LogP contribution in [-0.2, 0) is 58.4 Å². The minimum Gasteiger partial charge on any atom is -0.480 e. The SMILES string of the molecule is CCN(CCOCC(=O)O)c1ccc([C]2C(=O)[C](c3ccc(N(Cc4ccccc4)Cc4ccccc4)cc3)C2=O)cc1.O=C1NCc2ccc(cc2)CNC(=O)c2cccc(n2)C(=O)NCc2ccc(cc2)CNC(=O)c2cccc1n2. The Morgan fingerprint density at radius 1 is 0.446 bits per heavy atom. The van der Waals surface area contributed by atoms with Crippen molar-refractivity contribution in [1.29, 1.82) is 0 Å². The Kier molecular flexibility index (Phi) is 19.3. The molecular formula is C66H60N8O9. The number of aromatic nitrogens is 2. The molecule has 418 valence electrons. The van der Waals surface area contributed by atoms with Crippen molar-refractivity contribution in [3.05, 3.63) is 273 Å². The number of rotatable bonds is 14. The van der Waals surface area contributed by atoms with E-state index < -0.39 is 29.6 Å². The summed E-state index contributed by atoms with van der Waals surface area (Å²) in [5.41, 5.74) is 9.47. The number of benzene rings is 6. The largest absolute Gasteiger partial charge is 0.480 e. The number of nitrogens with one attached hydrogen (secondary N) is 4. The summed E-state index contributed by atoms with van der Waals surface area (Å²) in [5, 5.41) is 20.0. The quantitative estimate of drug-likeness (QED) is 0.0651. The van der Waals surface area contributed by atoms with E-state index in [1.165, 1.54) is 11.1 Å². The van der Waals surface area contributed by atoms with Crippen molar-refractivity contribution in [2.45, 2.75) is 46.2 Å². The molecule has 83 heavy (non-hydrogen) atoms. The number of Topliss-reactive ketones (excluding diaryl/α,β-unsaturated/α-hetero) is 2. The number of carboxylic acids is 1. The predicted octanol–water partition coefficient (Wildman–Crippen LogP) is 8.03. The van der Waals surface area contributed by atoms with E-state index in [-0.39, 0.29) is 85.6 Å². The number of pyridine rings is 2. The summed E-state index contributed by atoms with van der Waals surface area (Å²) in [7, 11) is 0. The normalized spacial score (nSPS) is 14.0. The molecule has 8 bridgehead atoms. The molecule has 6 heterocycles. The zero-order valence-corrected chi connectivity index (χ0v) is 45.5. The fourth-order valence-corrected chi connectivity index (χ4v) is 9.26. The van der Waals surface area contributed by atoms with Crippen LogP contribution in [0.15, 0.2) is 194 Å². The molecule has 2 radical (unpaired) electrons. The van der Waals surface area contributed by atoms with Gasteiger partial charge in [0.1, 0.15) is 41.2 Å². The van der Waals surface area contributed by atoms with E-state index in [0.717, 1.165) is 46.7 Å². The second kappa shape index (κ2) is 27.8. The van der Waals surface area contributed by atoms with Crippen LogP contribution in [0.25, 0.3) is 0 Å². The predicted molar refractivity (Wildman–Crippen MR) is 313 cm³/mol. The molecule has 6 aromatic carbocycles. The maximum Gasteiger partial charge on any atom is 0.329 e. The highest BCUT2D eigenvalue weighted by atomic mass is 16.5. The van der Waals surface area contributed by atoms with Crippen LogP contribution in [0.2, 0.25) is 0 Å². The molecule has 0 unspecified atom stereocenters. The van der Waals surface area contributed by atoms with Crippen molar-refractivity contribution < 1.29 is 43.4 Å². The molecule has 0 atom stereocenters. The van der Waals surface area contributed by atoms with Gasteiger partial charge < -0.3 is 40.9 Å². The second-order valence-corrected chi connectivity index (χ2v) is 19.5. The molecule has 17 nitrogen and oxygen atoms in total. The third kappa shape index (κ3) is 15.4. The molecule has 1 fully saturated rings. The van der Waals surface area contributed by atoms with E-state index in [0.29, 0.717) is 24.2 Å². The average molecular weight is 1110 g/mol. The number of likely N-dealkylation sites (N-methyl/N-ethyl adjacent to an activating group) is 1. The van der Waals surface area contributed by atoms with Crippen LogP contribution in [0.1, 0.15) is 93.4 Å². The van der Waals surface area contributed by atoms with Gasteiger partial charge in [-0.25, -0.2) is 14.8 Å². The maximum atomic E-state index is 13.2. The van der Waals surface area contributed by atoms with Crippen molar-refractivity contribution >= 4 is 52.5 Å². The number of amides is 4. The highest BCUT2D eigenvalue weighted by Gasteiger charge is 2.52. The number of anilines is 2. The van der Waals surface area contributed by atoms with Crippen LogP contribution in [0, 0.1) is 11.8 Å². The Hall–Kier alpha value is -10.1. The van der Waals surface area contributed by atoms with Crippen LogP contribution in [0.5, 0.6) is 0 Å². The number of hydrogen-bond donors (Lipinski definition) is 5. The van der Waals surface area contributed by atoms with Gasteiger partial charge >= 0.3 is 5.97 Å². The van der Waals surface area contributed by atoms with Gasteiger partial charge in [0.2, 0.25) is 0 Å². The number of carbonyl (C=O) groups is 7. The van der Waals surface area contributed by atoms with Gasteiger partial charge in [-0.05, 0) is 100.0 Å². The summed E-state index contributed by atoms with van der Waals surface area (Å²) >= 11 is 0. The number of carbonyl (C=O) groups excluding carboxylic acids is 6. The van der Waals surface area contributed by atoms with E-state index in [9.17, 15) is 33.6 Å². The van der Waals surface area contributed by atoms with Crippen LogP contribution < -0.4 is 31.1 Å². The molecule has 8 aromatic rings. The molecule has 17 heteroatoms. The zero-order chi connectivity index (χ0) is 58.1. The van der Waals surface area contributed by atoms with Gasteiger partial charge in [0, 0.05) is 63.7 Å². The first-order chi connectivity index (χ1) is 40.4. The number of nitrogens with zero attached hydrogens (tertiary/aromatic N) is 4. The van der Waals surface area contributed by atoms with Crippen LogP contribution in [0.3, 0.4) is 0 Å². The standard InChI is InChI=1S/C36H34N2O5.C30H26N6O4/c1-2-37(21-22-43-25-32(39)40)30-17-13-28(14-18-30)33-35(41)34(36(33)42)29-15-19-31(20-16-29)38(23-26-9-5-3-6-10-26)24-27-11-7-4-8-12-27;37-27-23-3-1-4-24(35-23)28(38)32-16-20-9-13-22(14-10-20)18-34-30(40)26-6-2-5-25(36-26)29(39)33-17-21-11-7-19(8-12-21)15-31-27/h3-20H,2,21-25H2,1H3,(H,39,40);1-14H,15-18H2,(H,31,37)(H,32,38)(H,33,39)(H,34,40). The summed E-state index contributed by atoms with van der Waals surface area (Å²) in [6.07, 6.45) is 0. The van der Waals surface area contributed by atoms with Crippen molar-refractivity contribution in [2.75, 3.05) is 36.1 Å². The third-order valence-electron chi connectivity index (χ3n) is 13.8. The van der Waals surface area contributed by atoms with Crippen molar-refractivity contribution in [1.82, 2.24) is 31.2 Å². The molecule has 1 saturated carbocycles. The van der Waals surface area contributed by atoms with Gasteiger partial charge in [-0.15, -0.1) is 0 Å². The van der Waals surface area contributed by atoms with E-state index in [2.05, 4.69) is 60.4 Å². The Morgan fingerprint density at radius 3 is 1.11 bits per heavy atom. The third-order valence-corrected chi connectivity index (χ3v) is 13.8. The van der Waals surface area contributed by atoms with Crippen LogP contribution >= 0.6 is 0 Å². The van der Waals surface area contributed by atoms with Crippen molar-refractivity contribution in [2.24, 2.45) is 0 Å². The second-order valence-electron chi connectivity index (χ2n) is 19.5. The van der Waals surface area contributed by atoms with Crippen LogP contribution in [-0.4, -0.2) is 82.5 Å². The molecule has 0 spiro atoms. The number of ether oxygens (including phenoxy) is 1. The summed E-state index contributed by atoms with van der Waals surface area (Å²) < 4.78 is 5.15. The Bertz CT molecular complexity index is 3280. The molecule has 1 aliphatic carbocycles. The van der Waals surface area contributed by atoms with Crippen molar-refractivity contribution in [3.63, 3.8) is 0 Å². The summed E-state index contributed by atoms with van der Waals surface area (Å²) in [6.45, 7) is 5.67. The first-order valence-corrected chi connectivity index (χ1v) is 27.0. The van der Waals surface area contributed by atoms with Gasteiger partial charge in [0.05, 0.1) is 6.61 Å². The first kappa shape index (κ1) is 57.6. The van der Waals surface area contributed by atoms with Gasteiger partial charge in [0.25, 0.3) is 23.6 Å². The van der Waals surface area contributed by atoms with E-state index >= 15 is 0 Å². The fraction of sp³-hybridized carbons (Fsp3) is 0.167. The lowest BCUT2D eigenvalue weighted by Crippen LogP contribution is -2.46. The molecule has 5 aliphatic rings. The Balaban J connectivity index is 0.000000200. The van der Waals surface area contributed by atoms with Gasteiger partial charge in [-0.3, -0.25) is 28.8 Å². The molecule has 13 rings (SSSR count). The Morgan fingerprint density at radius 2 is 0.783 bits per heavy atom. The highest BCUT2D eigenvalue weighted by Crippen LogP contribution is 2.40. The first-order valence-electron chi connectivity index (χ1n) is 27.0. The lowest BCUT2D eigenvalue weighted by Gasteiger charge is -2.32. The van der Waals surface area contributed by atoms with Gasteiger partial charge in [-0.1, -0.05) is 146 Å². The number of ketones is 2. The topological polar surface area (TPSA) is 229 Å². The highest BCUT2D eigenvalue weighted by molar-refractivity contribution is 6.49. The summed E-state index contributed by atoms with van der Waals surface area (Å²) in [4.78, 5) is 101. The average Bonchev–Trinajstić information content (AvgIpc) is 3.61. The summed E-state index contributed by atoms with van der Waals surface area (Å²) in [6, 6.07) is 59.7. The number of carboxylic acid groups (broad SMARTS) is 1. The molecule has 0 saturated heterocycles. The fourth-order valence-electron chi connectivity index (χ4n) is 9.26. The number of hydrogen-bond acceptors (Lipinski definition) is 12. The smallest absolute Gasteiger partial charge is 0.329 e. The molecule has 4 amide bonds. The monoisotopic (exact) mass is 1110 g/mol. The Labute approximate surface area is 480 Å². The lowest BCUT2D eigenvalue weighted by molar-refractivity contribution is -0.142. The van der Waals surface area contributed by atoms with Gasteiger partial charge in [-0.2, -0.15) is 0 Å². The van der Waals surface area contributed by atoms with E-state index in [1.54, 1.807) is 48.5 Å². The van der Waals surface area contributed by atoms with Gasteiger partial charge in [0.15, 0.2) is 11.6 Å². The summed E-state index contributed by atoms with van der Waals surface area (Å²) in [5.74, 6) is -2.66.